The predicted molar refractivity (Wildman–Crippen MR) is 163 cm³/mol. The Hall–Kier alpha value is -3.06. The lowest BCUT2D eigenvalue weighted by Gasteiger charge is -2.26. The van der Waals surface area contributed by atoms with E-state index in [2.05, 4.69) is 52.9 Å². The fourth-order valence-electron chi connectivity index (χ4n) is 5.95. The molecular weight excluding hydrogens is 498 g/mol. The van der Waals surface area contributed by atoms with Crippen molar-refractivity contribution in [1.29, 1.82) is 0 Å². The van der Waals surface area contributed by atoms with Crippen molar-refractivity contribution in [2.75, 3.05) is 44.6 Å². The van der Waals surface area contributed by atoms with Gasteiger partial charge in [0.2, 0.25) is 5.95 Å². The summed E-state index contributed by atoms with van der Waals surface area (Å²) >= 11 is 0. The molecular formula is C33H47N5O2. The number of aromatic nitrogens is 2. The van der Waals surface area contributed by atoms with E-state index in [4.69, 9.17) is 9.72 Å². The first-order chi connectivity index (χ1) is 19.7. The molecule has 1 aromatic heterocycles. The summed E-state index contributed by atoms with van der Waals surface area (Å²) in [6.07, 6.45) is 10.3. The van der Waals surface area contributed by atoms with Crippen LogP contribution in [0.25, 0.3) is 11.0 Å². The molecule has 3 aromatic rings. The Morgan fingerprint density at radius 3 is 2.55 bits per heavy atom. The number of imidazole rings is 1. The number of aryl methyl sites for hydroxylation is 1. The second-order valence-electron chi connectivity index (χ2n) is 11.4. The molecule has 1 amide bonds. The number of nitrogens with zero attached hydrogens (tertiary/aromatic N) is 4. The van der Waals surface area contributed by atoms with Crippen molar-refractivity contribution in [2.24, 2.45) is 0 Å². The molecule has 7 nitrogen and oxygen atoms in total. The molecule has 0 aliphatic carbocycles. The van der Waals surface area contributed by atoms with Crippen LogP contribution in [0.3, 0.4) is 0 Å². The minimum Gasteiger partial charge on any atom is -0.493 e. The molecule has 0 bridgehead atoms. The van der Waals surface area contributed by atoms with Crippen molar-refractivity contribution in [3.05, 3.63) is 53.1 Å². The van der Waals surface area contributed by atoms with Gasteiger partial charge in [0.1, 0.15) is 5.75 Å². The van der Waals surface area contributed by atoms with E-state index in [0.29, 0.717) is 6.54 Å². The quantitative estimate of drug-likeness (QED) is 0.250. The van der Waals surface area contributed by atoms with Crippen LogP contribution < -0.4 is 10.1 Å². The third-order valence-electron chi connectivity index (χ3n) is 8.36. The number of benzene rings is 2. The van der Waals surface area contributed by atoms with Crippen molar-refractivity contribution in [3.8, 4) is 5.75 Å². The number of amides is 1. The SMILES string of the molecule is CCCCN(CCCC)C(=O)c1ccc2nc(NCc3ccc4c(c3)OCC4)n(CCCN3CCCCC3)c2c1. The number of anilines is 1. The highest BCUT2D eigenvalue weighted by atomic mass is 16.5. The minimum absolute atomic E-state index is 0.137. The highest BCUT2D eigenvalue weighted by Gasteiger charge is 2.19. The van der Waals surface area contributed by atoms with E-state index in [9.17, 15) is 4.79 Å². The third kappa shape index (κ3) is 6.98. The summed E-state index contributed by atoms with van der Waals surface area (Å²) in [6, 6.07) is 12.6. The molecule has 0 radical (unpaired) electrons. The molecule has 216 valence electrons. The first kappa shape index (κ1) is 28.5. The number of hydrogen-bond acceptors (Lipinski definition) is 5. The topological polar surface area (TPSA) is 62.6 Å². The first-order valence-corrected chi connectivity index (χ1v) is 15.7. The Kier molecular flexibility index (Phi) is 9.98. The lowest BCUT2D eigenvalue weighted by atomic mass is 10.1. The van der Waals surface area contributed by atoms with Crippen molar-refractivity contribution in [3.63, 3.8) is 0 Å². The predicted octanol–water partition coefficient (Wildman–Crippen LogP) is 6.50. The van der Waals surface area contributed by atoms with E-state index < -0.39 is 0 Å². The highest BCUT2D eigenvalue weighted by Crippen LogP contribution is 2.27. The average Bonchev–Trinajstić information content (AvgIpc) is 3.60. The molecule has 7 heteroatoms. The molecule has 5 rings (SSSR count). The van der Waals surface area contributed by atoms with Gasteiger partial charge in [-0.3, -0.25) is 4.79 Å². The summed E-state index contributed by atoms with van der Waals surface area (Å²) in [5.41, 5.74) is 5.21. The van der Waals surface area contributed by atoms with Crippen LogP contribution >= 0.6 is 0 Å². The molecule has 1 saturated heterocycles. The van der Waals surface area contributed by atoms with Gasteiger partial charge in [-0.1, -0.05) is 45.2 Å². The van der Waals surface area contributed by atoms with Crippen LogP contribution in [0.2, 0.25) is 0 Å². The van der Waals surface area contributed by atoms with E-state index in [1.165, 1.54) is 43.5 Å². The lowest BCUT2D eigenvalue weighted by molar-refractivity contribution is 0.0751. The Morgan fingerprint density at radius 1 is 0.975 bits per heavy atom. The number of carbonyl (C=O) groups excluding carboxylic acids is 1. The van der Waals surface area contributed by atoms with Gasteiger partial charge in [-0.15, -0.1) is 0 Å². The zero-order valence-corrected chi connectivity index (χ0v) is 24.6. The van der Waals surface area contributed by atoms with E-state index in [1.54, 1.807) is 0 Å². The van der Waals surface area contributed by atoms with Crippen LogP contribution in [0.15, 0.2) is 36.4 Å². The van der Waals surface area contributed by atoms with Gasteiger partial charge in [0.05, 0.1) is 17.6 Å². The number of piperidine rings is 1. The standard InChI is InChI=1S/C33H47N5O2/c1-3-5-19-37(20-6-4-2)32(39)28-13-14-29-30(24-28)38(21-10-18-36-16-8-7-9-17-36)33(35-29)34-25-26-11-12-27-15-22-40-31(27)23-26/h11-14,23-24H,3-10,15-22,25H2,1-2H3,(H,34,35). The lowest BCUT2D eigenvalue weighted by Crippen LogP contribution is -2.33. The Labute approximate surface area is 239 Å². The Morgan fingerprint density at radius 2 is 1.77 bits per heavy atom. The van der Waals surface area contributed by atoms with Crippen LogP contribution in [-0.4, -0.2) is 64.6 Å². The third-order valence-corrected chi connectivity index (χ3v) is 8.36. The van der Waals surface area contributed by atoms with Crippen molar-refractivity contribution in [1.82, 2.24) is 19.4 Å². The maximum Gasteiger partial charge on any atom is 0.253 e. The van der Waals surface area contributed by atoms with E-state index >= 15 is 0 Å². The molecule has 0 spiro atoms. The Balaban J connectivity index is 1.37. The molecule has 0 unspecified atom stereocenters. The second-order valence-corrected chi connectivity index (χ2v) is 11.4. The van der Waals surface area contributed by atoms with Gasteiger partial charge in [0.25, 0.3) is 5.91 Å². The summed E-state index contributed by atoms with van der Waals surface area (Å²) in [4.78, 5) is 23.2. The summed E-state index contributed by atoms with van der Waals surface area (Å²) in [7, 11) is 0. The number of carbonyl (C=O) groups is 1. The van der Waals surface area contributed by atoms with Crippen molar-refractivity contribution < 1.29 is 9.53 Å². The largest absolute Gasteiger partial charge is 0.493 e. The maximum atomic E-state index is 13.6. The number of ether oxygens (including phenoxy) is 1. The zero-order valence-electron chi connectivity index (χ0n) is 24.6. The normalized spacial score (nSPS) is 15.2. The molecule has 2 aliphatic rings. The van der Waals surface area contributed by atoms with E-state index in [0.717, 1.165) is 99.6 Å². The zero-order chi connectivity index (χ0) is 27.7. The molecule has 40 heavy (non-hydrogen) atoms. The average molecular weight is 546 g/mol. The second kappa shape index (κ2) is 14.0. The van der Waals surface area contributed by atoms with E-state index in [-0.39, 0.29) is 5.91 Å². The smallest absolute Gasteiger partial charge is 0.253 e. The van der Waals surface area contributed by atoms with Crippen LogP contribution in [0.1, 0.15) is 86.7 Å². The van der Waals surface area contributed by atoms with Gasteiger partial charge >= 0.3 is 0 Å². The number of likely N-dealkylation sites (tertiary alicyclic amines) is 1. The number of fused-ring (bicyclic) bond motifs is 2. The Bertz CT molecular complexity index is 1260. The highest BCUT2D eigenvalue weighted by molar-refractivity contribution is 5.97. The molecule has 2 aromatic carbocycles. The summed E-state index contributed by atoms with van der Waals surface area (Å²) < 4.78 is 8.08. The van der Waals surface area contributed by atoms with Gasteiger partial charge in [-0.05, 0) is 87.1 Å². The molecule has 1 fully saturated rings. The molecule has 1 N–H and O–H groups in total. The number of rotatable bonds is 14. The van der Waals surface area contributed by atoms with Gasteiger partial charge < -0.3 is 24.4 Å². The summed E-state index contributed by atoms with van der Waals surface area (Å²) in [5, 5.41) is 3.61. The summed E-state index contributed by atoms with van der Waals surface area (Å²) in [6.45, 7) is 11.8. The fraction of sp³-hybridized carbons (Fsp3) is 0.576. The summed E-state index contributed by atoms with van der Waals surface area (Å²) in [5.74, 6) is 2.01. The van der Waals surface area contributed by atoms with Crippen LogP contribution in [0.5, 0.6) is 5.75 Å². The number of nitrogens with one attached hydrogen (secondary N) is 1. The van der Waals surface area contributed by atoms with Gasteiger partial charge in [-0.2, -0.15) is 0 Å². The first-order valence-electron chi connectivity index (χ1n) is 15.7. The van der Waals surface area contributed by atoms with Crippen molar-refractivity contribution in [2.45, 2.75) is 84.7 Å². The van der Waals surface area contributed by atoms with Gasteiger partial charge in [0.15, 0.2) is 0 Å². The van der Waals surface area contributed by atoms with Gasteiger partial charge in [-0.25, -0.2) is 4.98 Å². The monoisotopic (exact) mass is 545 g/mol. The van der Waals surface area contributed by atoms with Crippen LogP contribution in [0, 0.1) is 0 Å². The number of hydrogen-bond donors (Lipinski definition) is 1. The molecule has 3 heterocycles. The van der Waals surface area contributed by atoms with E-state index in [1.807, 2.05) is 17.0 Å². The molecule has 2 aliphatic heterocycles. The van der Waals surface area contributed by atoms with Crippen molar-refractivity contribution >= 4 is 22.9 Å². The van der Waals surface area contributed by atoms with Crippen LogP contribution in [-0.2, 0) is 19.5 Å². The maximum absolute atomic E-state index is 13.6. The van der Waals surface area contributed by atoms with Crippen LogP contribution in [0.4, 0.5) is 5.95 Å². The molecule has 0 atom stereocenters. The minimum atomic E-state index is 0.137. The van der Waals surface area contributed by atoms with Gasteiger partial charge in [0, 0.05) is 38.2 Å². The number of unbranched alkanes of at least 4 members (excludes halogenated alkanes) is 2. The molecule has 0 saturated carbocycles. The fourth-order valence-corrected chi connectivity index (χ4v) is 5.95.